The molecule has 2 rings (SSSR count). The zero-order chi connectivity index (χ0) is 11.1. The fourth-order valence-electron chi connectivity index (χ4n) is 2.05. The van der Waals surface area contributed by atoms with Crippen molar-refractivity contribution >= 4 is 11.5 Å². The maximum Gasteiger partial charge on any atom is 0.140 e. The second-order valence-corrected chi connectivity index (χ2v) is 4.58. The number of hydrogen-bond acceptors (Lipinski definition) is 2. The first-order valence-corrected chi connectivity index (χ1v) is 5.35. The summed E-state index contributed by atoms with van der Waals surface area (Å²) in [7, 11) is 4.04. The lowest BCUT2D eigenvalue weighted by Gasteiger charge is -2.17. The summed E-state index contributed by atoms with van der Waals surface area (Å²) >= 11 is 0. The van der Waals surface area contributed by atoms with Crippen LogP contribution < -0.4 is 4.90 Å². The molecular formula is C13H17NO. The molecule has 0 saturated heterocycles. The van der Waals surface area contributed by atoms with Crippen molar-refractivity contribution in [2.45, 2.75) is 25.2 Å². The van der Waals surface area contributed by atoms with Crippen molar-refractivity contribution in [2.24, 2.45) is 0 Å². The molecule has 1 saturated carbocycles. The quantitative estimate of drug-likeness (QED) is 0.751. The van der Waals surface area contributed by atoms with Crippen LogP contribution in [0.4, 0.5) is 5.69 Å². The molecule has 15 heavy (non-hydrogen) atoms. The molecule has 1 aliphatic carbocycles. The lowest BCUT2D eigenvalue weighted by Crippen LogP contribution is -2.18. The van der Waals surface area contributed by atoms with Crippen LogP contribution in [0.5, 0.6) is 0 Å². The topological polar surface area (TPSA) is 20.3 Å². The molecule has 0 atom stereocenters. The normalized spacial score (nSPS) is 17.3. The molecule has 80 valence electrons. The van der Waals surface area contributed by atoms with E-state index in [2.05, 4.69) is 23.1 Å². The van der Waals surface area contributed by atoms with E-state index in [1.807, 2.05) is 20.2 Å². The Kier molecular flexibility index (Phi) is 2.29. The Morgan fingerprint density at radius 3 is 2.47 bits per heavy atom. The number of rotatable bonds is 3. The molecule has 0 radical (unpaired) electrons. The monoisotopic (exact) mass is 203 g/mol. The van der Waals surface area contributed by atoms with Crippen LogP contribution in [0.1, 0.15) is 25.3 Å². The van der Waals surface area contributed by atoms with Gasteiger partial charge in [-0.2, -0.15) is 0 Å². The number of nitrogens with zero attached hydrogens (tertiary/aromatic N) is 1. The van der Waals surface area contributed by atoms with Crippen LogP contribution in [-0.4, -0.2) is 19.9 Å². The number of carbonyl (C=O) groups excluding carboxylic acids is 1. The van der Waals surface area contributed by atoms with Gasteiger partial charge in [0.1, 0.15) is 5.78 Å². The van der Waals surface area contributed by atoms with E-state index in [0.717, 1.165) is 12.8 Å². The van der Waals surface area contributed by atoms with Crippen molar-refractivity contribution in [1.29, 1.82) is 0 Å². The van der Waals surface area contributed by atoms with E-state index >= 15 is 0 Å². The summed E-state index contributed by atoms with van der Waals surface area (Å²) in [5.41, 5.74) is 2.20. The Hall–Kier alpha value is -1.31. The van der Waals surface area contributed by atoms with Gasteiger partial charge in [0, 0.05) is 19.8 Å². The standard InChI is InChI=1S/C13H17NO/c1-10(15)13(7-8-13)11-5-4-6-12(9-11)14(2)3/h4-6,9H,7-8H2,1-3H3. The van der Waals surface area contributed by atoms with E-state index in [0.29, 0.717) is 5.78 Å². The van der Waals surface area contributed by atoms with Gasteiger partial charge in [0.15, 0.2) is 0 Å². The van der Waals surface area contributed by atoms with E-state index in [1.54, 1.807) is 6.92 Å². The largest absolute Gasteiger partial charge is 0.378 e. The lowest BCUT2D eigenvalue weighted by molar-refractivity contribution is -0.119. The van der Waals surface area contributed by atoms with Gasteiger partial charge >= 0.3 is 0 Å². The van der Waals surface area contributed by atoms with Gasteiger partial charge in [-0.1, -0.05) is 12.1 Å². The zero-order valence-corrected chi connectivity index (χ0v) is 9.58. The van der Waals surface area contributed by atoms with E-state index in [9.17, 15) is 4.79 Å². The van der Waals surface area contributed by atoms with Gasteiger partial charge in [-0.3, -0.25) is 4.79 Å². The smallest absolute Gasteiger partial charge is 0.140 e. The summed E-state index contributed by atoms with van der Waals surface area (Å²) in [4.78, 5) is 13.7. The van der Waals surface area contributed by atoms with Crippen LogP contribution >= 0.6 is 0 Å². The molecule has 0 aromatic heterocycles. The fraction of sp³-hybridized carbons (Fsp3) is 0.462. The van der Waals surface area contributed by atoms with Gasteiger partial charge < -0.3 is 4.90 Å². The molecule has 0 heterocycles. The molecule has 0 bridgehead atoms. The third kappa shape index (κ3) is 1.65. The molecule has 0 unspecified atom stereocenters. The van der Waals surface area contributed by atoms with Crippen LogP contribution in [0.25, 0.3) is 0 Å². The number of Topliss-reactive ketones (excluding diaryl/α,β-unsaturated/α-hetero) is 1. The van der Waals surface area contributed by atoms with Gasteiger partial charge in [0.2, 0.25) is 0 Å². The van der Waals surface area contributed by atoms with Crippen molar-refractivity contribution in [1.82, 2.24) is 0 Å². The Labute approximate surface area is 90.9 Å². The molecule has 1 aliphatic rings. The average molecular weight is 203 g/mol. The number of ketones is 1. The number of hydrogen-bond donors (Lipinski definition) is 0. The minimum atomic E-state index is -0.147. The fourth-order valence-corrected chi connectivity index (χ4v) is 2.05. The number of benzene rings is 1. The Morgan fingerprint density at radius 2 is 2.00 bits per heavy atom. The van der Waals surface area contributed by atoms with Gasteiger partial charge in [0.05, 0.1) is 5.41 Å². The maximum atomic E-state index is 11.6. The molecule has 0 aliphatic heterocycles. The van der Waals surface area contributed by atoms with Crippen molar-refractivity contribution in [2.75, 3.05) is 19.0 Å². The van der Waals surface area contributed by atoms with Gasteiger partial charge in [-0.25, -0.2) is 0 Å². The van der Waals surface area contributed by atoms with E-state index < -0.39 is 0 Å². The molecule has 1 aromatic rings. The minimum absolute atomic E-state index is 0.147. The summed E-state index contributed by atoms with van der Waals surface area (Å²) in [6.45, 7) is 1.70. The predicted molar refractivity (Wildman–Crippen MR) is 62.4 cm³/mol. The van der Waals surface area contributed by atoms with Crippen molar-refractivity contribution in [3.05, 3.63) is 29.8 Å². The zero-order valence-electron chi connectivity index (χ0n) is 9.58. The number of carbonyl (C=O) groups is 1. The molecule has 0 spiro atoms. The summed E-state index contributed by atoms with van der Waals surface area (Å²) < 4.78 is 0. The number of anilines is 1. The van der Waals surface area contributed by atoms with Crippen LogP contribution in [-0.2, 0) is 10.2 Å². The lowest BCUT2D eigenvalue weighted by atomic mass is 9.92. The third-order valence-electron chi connectivity index (χ3n) is 3.34. The SMILES string of the molecule is CC(=O)C1(c2cccc(N(C)C)c2)CC1. The molecule has 2 nitrogen and oxygen atoms in total. The Morgan fingerprint density at radius 1 is 1.33 bits per heavy atom. The molecule has 0 amide bonds. The highest BCUT2D eigenvalue weighted by atomic mass is 16.1. The van der Waals surface area contributed by atoms with Crippen molar-refractivity contribution < 1.29 is 4.79 Å². The highest BCUT2D eigenvalue weighted by Crippen LogP contribution is 2.49. The van der Waals surface area contributed by atoms with Gasteiger partial charge in [-0.15, -0.1) is 0 Å². The molecule has 1 fully saturated rings. The highest BCUT2D eigenvalue weighted by Gasteiger charge is 2.48. The summed E-state index contributed by atoms with van der Waals surface area (Å²) in [5, 5.41) is 0. The van der Waals surface area contributed by atoms with Gasteiger partial charge in [0.25, 0.3) is 0 Å². The first-order valence-electron chi connectivity index (χ1n) is 5.35. The third-order valence-corrected chi connectivity index (χ3v) is 3.34. The second kappa shape index (κ2) is 3.37. The molecular weight excluding hydrogens is 186 g/mol. The van der Waals surface area contributed by atoms with E-state index in [4.69, 9.17) is 0 Å². The first-order chi connectivity index (χ1) is 7.06. The van der Waals surface area contributed by atoms with Crippen LogP contribution in [0.2, 0.25) is 0 Å². The average Bonchev–Trinajstić information content (AvgIpc) is 2.98. The summed E-state index contributed by atoms with van der Waals surface area (Å²) in [6.07, 6.45) is 2.03. The minimum Gasteiger partial charge on any atom is -0.378 e. The van der Waals surface area contributed by atoms with E-state index in [-0.39, 0.29) is 5.41 Å². The Bertz CT molecular complexity index is 391. The van der Waals surface area contributed by atoms with Crippen LogP contribution in [0.15, 0.2) is 24.3 Å². The second-order valence-electron chi connectivity index (χ2n) is 4.58. The molecule has 2 heteroatoms. The Balaban J connectivity index is 2.37. The van der Waals surface area contributed by atoms with Gasteiger partial charge in [-0.05, 0) is 37.5 Å². The predicted octanol–water partition coefficient (Wildman–Crippen LogP) is 2.37. The summed E-state index contributed by atoms with van der Waals surface area (Å²) in [5.74, 6) is 0.304. The first kappa shape index (κ1) is 10.2. The van der Waals surface area contributed by atoms with Crippen LogP contribution in [0, 0.1) is 0 Å². The molecule has 0 N–H and O–H groups in total. The van der Waals surface area contributed by atoms with Crippen LogP contribution in [0.3, 0.4) is 0 Å². The maximum absolute atomic E-state index is 11.6. The van der Waals surface area contributed by atoms with Crippen molar-refractivity contribution in [3.63, 3.8) is 0 Å². The van der Waals surface area contributed by atoms with Crippen molar-refractivity contribution in [3.8, 4) is 0 Å². The highest BCUT2D eigenvalue weighted by molar-refractivity contribution is 5.91. The van der Waals surface area contributed by atoms with E-state index in [1.165, 1.54) is 11.3 Å². The molecule has 1 aromatic carbocycles. The summed E-state index contributed by atoms with van der Waals surface area (Å²) in [6, 6.07) is 8.31.